The summed E-state index contributed by atoms with van der Waals surface area (Å²) in [5, 5.41) is 8.12. The molecule has 2 aromatic heterocycles. The number of amides is 1. The summed E-state index contributed by atoms with van der Waals surface area (Å²) in [5.74, 6) is -0.316. The molecule has 1 amide bonds. The van der Waals surface area contributed by atoms with Crippen molar-refractivity contribution in [2.75, 3.05) is 5.32 Å². The van der Waals surface area contributed by atoms with Crippen molar-refractivity contribution < 1.29 is 14.0 Å². The van der Waals surface area contributed by atoms with Gasteiger partial charge in [0.2, 0.25) is 0 Å². The topological polar surface area (TPSA) is 77.1 Å². The lowest BCUT2D eigenvalue weighted by molar-refractivity contribution is 0.0996. The zero-order valence-corrected chi connectivity index (χ0v) is 19.7. The molecule has 0 spiro atoms. The molecule has 0 unspecified atom stereocenters. The Morgan fingerprint density at radius 1 is 0.889 bits per heavy atom. The van der Waals surface area contributed by atoms with Gasteiger partial charge in [0.1, 0.15) is 0 Å². The number of rotatable bonds is 7. The molecule has 0 bridgehead atoms. The summed E-state index contributed by atoms with van der Waals surface area (Å²) in [7, 11) is 0. The summed E-state index contributed by atoms with van der Waals surface area (Å²) in [6.07, 6.45) is 6.59. The Kier molecular flexibility index (Phi) is 6.60. The van der Waals surface area contributed by atoms with Crippen LogP contribution in [0.3, 0.4) is 0 Å². The molecule has 3 aromatic carbocycles. The Labute approximate surface area is 212 Å². The average Bonchev–Trinajstić information content (AvgIpc) is 3.60. The second kappa shape index (κ2) is 10.3. The van der Waals surface area contributed by atoms with Crippen LogP contribution in [0.2, 0.25) is 5.02 Å². The van der Waals surface area contributed by atoms with Gasteiger partial charge in [-0.2, -0.15) is 5.10 Å². The van der Waals surface area contributed by atoms with Crippen LogP contribution in [0.4, 0.5) is 5.69 Å². The first-order valence-corrected chi connectivity index (χ1v) is 11.5. The third-order valence-electron chi connectivity index (χ3n) is 5.47. The quantitative estimate of drug-likeness (QED) is 0.197. The number of benzene rings is 3. The van der Waals surface area contributed by atoms with Crippen LogP contribution in [-0.2, 0) is 0 Å². The molecule has 0 aliphatic carbocycles. The van der Waals surface area contributed by atoms with E-state index in [2.05, 4.69) is 5.32 Å². The molecular formula is C29H20ClN3O3. The highest BCUT2D eigenvalue weighted by molar-refractivity contribution is 6.30. The number of nitrogens with one attached hydrogen (secondary N) is 1. The predicted octanol–water partition coefficient (Wildman–Crippen LogP) is 6.93. The minimum atomic E-state index is -0.357. The number of ketones is 1. The molecule has 1 N–H and O–H groups in total. The highest BCUT2D eigenvalue weighted by atomic mass is 35.5. The molecule has 0 aliphatic heterocycles. The molecule has 5 rings (SSSR count). The second-order valence-electron chi connectivity index (χ2n) is 7.93. The second-order valence-corrected chi connectivity index (χ2v) is 8.36. The minimum Gasteiger partial charge on any atom is -0.459 e. The van der Waals surface area contributed by atoms with E-state index >= 15 is 0 Å². The van der Waals surface area contributed by atoms with Gasteiger partial charge >= 0.3 is 0 Å². The number of anilines is 1. The Hall–Kier alpha value is -4.68. The fraction of sp³-hybridized carbons (Fsp3) is 0. The molecule has 36 heavy (non-hydrogen) atoms. The summed E-state index contributed by atoms with van der Waals surface area (Å²) in [6, 6.07) is 27.1. The summed E-state index contributed by atoms with van der Waals surface area (Å²) in [6.45, 7) is 0. The molecule has 0 saturated carbocycles. The van der Waals surface area contributed by atoms with E-state index in [0.29, 0.717) is 16.3 Å². The van der Waals surface area contributed by atoms with Crippen LogP contribution >= 0.6 is 11.6 Å². The third-order valence-corrected chi connectivity index (χ3v) is 5.72. The molecule has 2 heterocycles. The fourth-order valence-corrected chi connectivity index (χ4v) is 3.76. The number of para-hydroxylation sites is 1. The molecule has 5 aromatic rings. The number of carbonyl (C=O) groups is 2. The molecule has 6 nitrogen and oxygen atoms in total. The number of hydrogen-bond donors (Lipinski definition) is 1. The van der Waals surface area contributed by atoms with Crippen molar-refractivity contribution in [2.45, 2.75) is 0 Å². The van der Waals surface area contributed by atoms with Crippen LogP contribution in [0.5, 0.6) is 0 Å². The van der Waals surface area contributed by atoms with Crippen molar-refractivity contribution in [1.29, 1.82) is 0 Å². The zero-order chi connectivity index (χ0) is 24.9. The molecule has 176 valence electrons. The monoisotopic (exact) mass is 493 g/mol. The zero-order valence-electron chi connectivity index (χ0n) is 19.0. The van der Waals surface area contributed by atoms with E-state index in [4.69, 9.17) is 21.1 Å². The predicted molar refractivity (Wildman–Crippen MR) is 140 cm³/mol. The van der Waals surface area contributed by atoms with Crippen LogP contribution in [0.1, 0.15) is 26.5 Å². The largest absolute Gasteiger partial charge is 0.459 e. The SMILES string of the molecule is O=C(/C=C/c1cn(-c2ccccc2)nc1-c1ccc(Cl)cc1)c1ccc(NC(=O)c2ccco2)cc1. The van der Waals surface area contributed by atoms with Crippen molar-refractivity contribution in [1.82, 2.24) is 9.78 Å². The van der Waals surface area contributed by atoms with Crippen molar-refractivity contribution in [2.24, 2.45) is 0 Å². The van der Waals surface area contributed by atoms with Crippen molar-refractivity contribution in [3.05, 3.63) is 131 Å². The third kappa shape index (κ3) is 5.19. The van der Waals surface area contributed by atoms with Crippen LogP contribution in [-0.4, -0.2) is 21.5 Å². The maximum absolute atomic E-state index is 12.9. The van der Waals surface area contributed by atoms with Gasteiger partial charge in [-0.3, -0.25) is 9.59 Å². The van der Waals surface area contributed by atoms with Gasteiger partial charge in [-0.1, -0.05) is 41.9 Å². The smallest absolute Gasteiger partial charge is 0.291 e. The van der Waals surface area contributed by atoms with Gasteiger partial charge in [-0.15, -0.1) is 0 Å². The van der Waals surface area contributed by atoms with Gasteiger partial charge in [0.05, 0.1) is 17.6 Å². The Balaban J connectivity index is 1.37. The molecule has 0 aliphatic rings. The number of aromatic nitrogens is 2. The van der Waals surface area contributed by atoms with E-state index in [9.17, 15) is 9.59 Å². The number of hydrogen-bond acceptors (Lipinski definition) is 4. The summed E-state index contributed by atoms with van der Waals surface area (Å²) < 4.78 is 6.87. The van der Waals surface area contributed by atoms with Crippen LogP contribution in [0, 0.1) is 0 Å². The average molecular weight is 494 g/mol. The van der Waals surface area contributed by atoms with Gasteiger partial charge in [-0.25, -0.2) is 4.68 Å². The van der Waals surface area contributed by atoms with Crippen molar-refractivity contribution in [3.8, 4) is 16.9 Å². The number of nitrogens with zero attached hydrogens (tertiary/aromatic N) is 2. The lowest BCUT2D eigenvalue weighted by Crippen LogP contribution is -2.10. The van der Waals surface area contributed by atoms with Crippen LogP contribution in [0.15, 0.2) is 114 Å². The van der Waals surface area contributed by atoms with E-state index in [1.165, 1.54) is 12.3 Å². The van der Waals surface area contributed by atoms with E-state index in [1.54, 1.807) is 47.2 Å². The van der Waals surface area contributed by atoms with E-state index in [-0.39, 0.29) is 17.5 Å². The lowest BCUT2D eigenvalue weighted by atomic mass is 10.1. The standard InChI is InChI=1S/C29H20ClN3O3/c30-23-13-8-21(9-14-23)28-22(19-33(32-28)25-5-2-1-3-6-25)12-17-26(34)20-10-15-24(16-11-20)31-29(35)27-7-4-18-36-27/h1-19H,(H,31,35)/b17-12+. The molecule has 0 saturated heterocycles. The Morgan fingerprint density at radius 2 is 1.64 bits per heavy atom. The van der Waals surface area contributed by atoms with Gasteiger partial charge in [0.15, 0.2) is 11.5 Å². The minimum absolute atomic E-state index is 0.173. The number of furan rings is 1. The highest BCUT2D eigenvalue weighted by Gasteiger charge is 2.12. The van der Waals surface area contributed by atoms with E-state index in [1.807, 2.05) is 60.8 Å². The first-order valence-electron chi connectivity index (χ1n) is 11.2. The molecule has 7 heteroatoms. The van der Waals surface area contributed by atoms with Crippen LogP contribution < -0.4 is 5.32 Å². The Bertz CT molecular complexity index is 1520. The normalized spacial score (nSPS) is 11.0. The Morgan fingerprint density at radius 3 is 2.33 bits per heavy atom. The molecule has 0 atom stereocenters. The van der Waals surface area contributed by atoms with Gasteiger partial charge in [0, 0.05) is 33.6 Å². The fourth-order valence-electron chi connectivity index (χ4n) is 3.63. The van der Waals surface area contributed by atoms with Crippen molar-refractivity contribution in [3.63, 3.8) is 0 Å². The highest BCUT2D eigenvalue weighted by Crippen LogP contribution is 2.26. The maximum atomic E-state index is 12.9. The number of carbonyl (C=O) groups excluding carboxylic acids is 2. The number of halogens is 1. The molecular weight excluding hydrogens is 474 g/mol. The van der Waals surface area contributed by atoms with Gasteiger partial charge < -0.3 is 9.73 Å². The van der Waals surface area contributed by atoms with Crippen molar-refractivity contribution >= 4 is 35.1 Å². The van der Waals surface area contributed by atoms with Crippen LogP contribution in [0.25, 0.3) is 23.0 Å². The van der Waals surface area contributed by atoms with E-state index < -0.39 is 0 Å². The summed E-state index contributed by atoms with van der Waals surface area (Å²) in [5.41, 5.74) is 4.37. The molecule has 0 radical (unpaired) electrons. The maximum Gasteiger partial charge on any atom is 0.291 e. The first-order chi connectivity index (χ1) is 17.6. The molecule has 0 fully saturated rings. The summed E-state index contributed by atoms with van der Waals surface area (Å²) >= 11 is 6.06. The number of allylic oxidation sites excluding steroid dienone is 1. The van der Waals surface area contributed by atoms with Gasteiger partial charge in [-0.05, 0) is 72.8 Å². The van der Waals surface area contributed by atoms with Gasteiger partial charge in [0.25, 0.3) is 5.91 Å². The summed E-state index contributed by atoms with van der Waals surface area (Å²) in [4.78, 5) is 25.0. The first kappa shape index (κ1) is 23.1. The lowest BCUT2D eigenvalue weighted by Gasteiger charge is -2.04. The van der Waals surface area contributed by atoms with E-state index in [0.717, 1.165) is 22.5 Å².